The van der Waals surface area contributed by atoms with Crippen molar-refractivity contribution in [1.29, 1.82) is 0 Å². The minimum absolute atomic E-state index is 0.100. The van der Waals surface area contributed by atoms with Crippen LogP contribution in [0.15, 0.2) is 28.4 Å². The van der Waals surface area contributed by atoms with Crippen molar-refractivity contribution in [2.45, 2.75) is 0 Å². The lowest BCUT2D eigenvalue weighted by Crippen LogP contribution is -2.25. The molecule has 0 saturated carbocycles. The number of fused-ring (bicyclic) bond motifs is 1. The van der Waals surface area contributed by atoms with Gasteiger partial charge in [-0.05, 0) is 18.2 Å². The van der Waals surface area contributed by atoms with Crippen LogP contribution < -0.4 is 10.7 Å². The highest BCUT2D eigenvalue weighted by atomic mass is 32.1. The van der Waals surface area contributed by atoms with Crippen molar-refractivity contribution in [1.82, 2.24) is 0 Å². The SMILES string of the molecule is O=C(O)C(=O)Nc1csc2ccc(F)cc2c1=O. The molecule has 0 aliphatic rings. The van der Waals surface area contributed by atoms with E-state index in [1.807, 2.05) is 5.32 Å². The average molecular weight is 267 g/mol. The fraction of sp³-hybridized carbons (Fsp3) is 0. The number of carboxylic acid groups (broad SMARTS) is 1. The van der Waals surface area contributed by atoms with Crippen molar-refractivity contribution in [2.24, 2.45) is 0 Å². The Morgan fingerprint density at radius 3 is 2.72 bits per heavy atom. The summed E-state index contributed by atoms with van der Waals surface area (Å²) in [5.74, 6) is -3.58. The predicted molar refractivity (Wildman–Crippen MR) is 64.3 cm³/mol. The first-order valence-corrected chi connectivity index (χ1v) is 5.62. The summed E-state index contributed by atoms with van der Waals surface area (Å²) in [5.41, 5.74) is -0.789. The van der Waals surface area contributed by atoms with Gasteiger partial charge < -0.3 is 10.4 Å². The van der Waals surface area contributed by atoms with E-state index in [0.717, 1.165) is 17.4 Å². The first-order chi connectivity index (χ1) is 8.49. The van der Waals surface area contributed by atoms with Gasteiger partial charge in [-0.3, -0.25) is 9.59 Å². The largest absolute Gasteiger partial charge is 0.474 e. The van der Waals surface area contributed by atoms with Crippen LogP contribution in [0.1, 0.15) is 0 Å². The number of benzene rings is 1. The van der Waals surface area contributed by atoms with E-state index in [1.54, 1.807) is 0 Å². The van der Waals surface area contributed by atoms with Crippen molar-refractivity contribution in [3.05, 3.63) is 39.6 Å². The molecular formula is C11H6FNO4S. The number of rotatable bonds is 1. The molecule has 0 atom stereocenters. The summed E-state index contributed by atoms with van der Waals surface area (Å²) >= 11 is 1.11. The van der Waals surface area contributed by atoms with Gasteiger partial charge in [0.15, 0.2) is 0 Å². The molecule has 1 aromatic carbocycles. The number of halogens is 1. The van der Waals surface area contributed by atoms with E-state index in [9.17, 15) is 18.8 Å². The Balaban J connectivity index is 2.54. The highest BCUT2D eigenvalue weighted by Crippen LogP contribution is 2.19. The highest BCUT2D eigenvalue weighted by molar-refractivity contribution is 7.16. The molecule has 1 heterocycles. The van der Waals surface area contributed by atoms with Crippen LogP contribution in [0, 0.1) is 5.82 Å². The number of nitrogens with one attached hydrogen (secondary N) is 1. The fourth-order valence-electron chi connectivity index (χ4n) is 1.37. The maximum atomic E-state index is 13.0. The molecule has 5 nitrogen and oxygen atoms in total. The van der Waals surface area contributed by atoms with E-state index in [2.05, 4.69) is 0 Å². The zero-order valence-corrected chi connectivity index (χ0v) is 9.58. The number of amides is 1. The average Bonchev–Trinajstić information content (AvgIpc) is 2.33. The third-order valence-corrected chi connectivity index (χ3v) is 3.14. The monoisotopic (exact) mass is 267 g/mol. The summed E-state index contributed by atoms with van der Waals surface area (Å²) in [6.07, 6.45) is 0. The van der Waals surface area contributed by atoms with Crippen molar-refractivity contribution >= 4 is 39.0 Å². The standard InChI is InChI=1S/C11H6FNO4S/c12-5-1-2-8-6(3-5)9(14)7(4-18-8)13-10(15)11(16)17/h1-4H,(H,13,15)(H,16,17). The van der Waals surface area contributed by atoms with Crippen LogP contribution in [0.5, 0.6) is 0 Å². The van der Waals surface area contributed by atoms with Gasteiger partial charge in [-0.1, -0.05) is 0 Å². The van der Waals surface area contributed by atoms with Gasteiger partial charge in [0.05, 0.1) is 5.69 Å². The minimum Gasteiger partial charge on any atom is -0.474 e. The third kappa shape index (κ3) is 2.21. The number of carboxylic acids is 1. The van der Waals surface area contributed by atoms with Crippen LogP contribution in [-0.2, 0) is 9.59 Å². The normalized spacial score (nSPS) is 10.3. The summed E-state index contributed by atoms with van der Waals surface area (Å²) in [5, 5.41) is 11.8. The molecule has 1 amide bonds. The predicted octanol–water partition coefficient (Wildman–Crippen LogP) is 1.42. The number of hydrogen-bond acceptors (Lipinski definition) is 4. The van der Waals surface area contributed by atoms with Gasteiger partial charge in [0.1, 0.15) is 5.82 Å². The minimum atomic E-state index is -1.70. The Labute approximate surface area is 103 Å². The maximum Gasteiger partial charge on any atom is 0.394 e. The number of carbonyl (C=O) groups excluding carboxylic acids is 1. The molecule has 7 heteroatoms. The smallest absolute Gasteiger partial charge is 0.394 e. The van der Waals surface area contributed by atoms with Crippen LogP contribution >= 0.6 is 11.3 Å². The first-order valence-electron chi connectivity index (χ1n) is 4.74. The van der Waals surface area contributed by atoms with Gasteiger partial charge in [0, 0.05) is 15.5 Å². The lowest BCUT2D eigenvalue weighted by molar-refractivity contribution is -0.147. The molecule has 2 aromatic rings. The van der Waals surface area contributed by atoms with Crippen molar-refractivity contribution in [3.63, 3.8) is 0 Å². The molecule has 92 valence electrons. The quantitative estimate of drug-likeness (QED) is 0.765. The van der Waals surface area contributed by atoms with Crippen LogP contribution in [0.3, 0.4) is 0 Å². The Kier molecular flexibility index (Phi) is 3.07. The third-order valence-electron chi connectivity index (χ3n) is 2.18. The second-order valence-corrected chi connectivity index (χ2v) is 4.29. The highest BCUT2D eigenvalue weighted by Gasteiger charge is 2.14. The zero-order valence-electron chi connectivity index (χ0n) is 8.77. The number of carbonyl (C=O) groups is 2. The molecule has 0 bridgehead atoms. The van der Waals surface area contributed by atoms with Gasteiger partial charge in [-0.15, -0.1) is 11.3 Å². The molecule has 0 saturated heterocycles. The Morgan fingerprint density at radius 1 is 1.33 bits per heavy atom. The van der Waals surface area contributed by atoms with Gasteiger partial charge in [0.2, 0.25) is 5.43 Å². The lowest BCUT2D eigenvalue weighted by Gasteiger charge is -2.02. The number of aliphatic carboxylic acids is 1. The van der Waals surface area contributed by atoms with Gasteiger partial charge in [-0.25, -0.2) is 9.18 Å². The summed E-state index contributed by atoms with van der Waals surface area (Å²) in [4.78, 5) is 33.2. The number of hydrogen-bond donors (Lipinski definition) is 2. The van der Waals surface area contributed by atoms with Crippen LogP contribution in [0.2, 0.25) is 0 Å². The van der Waals surface area contributed by atoms with E-state index in [0.29, 0.717) is 4.70 Å². The van der Waals surface area contributed by atoms with E-state index in [4.69, 9.17) is 5.11 Å². The van der Waals surface area contributed by atoms with E-state index in [1.165, 1.54) is 17.5 Å². The molecule has 0 spiro atoms. The molecule has 0 fully saturated rings. The van der Waals surface area contributed by atoms with Crippen LogP contribution in [0.25, 0.3) is 10.1 Å². The Bertz CT molecular complexity index is 710. The lowest BCUT2D eigenvalue weighted by atomic mass is 10.2. The van der Waals surface area contributed by atoms with Crippen molar-refractivity contribution in [3.8, 4) is 0 Å². The molecule has 0 aliphatic heterocycles. The second-order valence-electron chi connectivity index (χ2n) is 3.38. The first kappa shape index (κ1) is 12.2. The molecule has 0 radical (unpaired) electrons. The van der Waals surface area contributed by atoms with Crippen LogP contribution in [0.4, 0.5) is 10.1 Å². The van der Waals surface area contributed by atoms with E-state index >= 15 is 0 Å². The Morgan fingerprint density at radius 2 is 2.06 bits per heavy atom. The molecule has 0 aliphatic carbocycles. The second kappa shape index (κ2) is 4.53. The van der Waals surface area contributed by atoms with Gasteiger partial charge in [-0.2, -0.15) is 0 Å². The van der Waals surface area contributed by atoms with E-state index in [-0.39, 0.29) is 11.1 Å². The van der Waals surface area contributed by atoms with Gasteiger partial charge in [0.25, 0.3) is 0 Å². The summed E-state index contributed by atoms with van der Waals surface area (Å²) < 4.78 is 13.6. The van der Waals surface area contributed by atoms with E-state index < -0.39 is 23.1 Å². The van der Waals surface area contributed by atoms with Gasteiger partial charge >= 0.3 is 11.9 Å². The molecule has 18 heavy (non-hydrogen) atoms. The maximum absolute atomic E-state index is 13.0. The molecular weight excluding hydrogens is 261 g/mol. The molecule has 0 unspecified atom stereocenters. The van der Waals surface area contributed by atoms with Crippen LogP contribution in [-0.4, -0.2) is 17.0 Å². The number of anilines is 1. The zero-order chi connectivity index (χ0) is 13.3. The molecule has 2 N–H and O–H groups in total. The topological polar surface area (TPSA) is 83.5 Å². The summed E-state index contributed by atoms with van der Waals surface area (Å²) in [7, 11) is 0. The molecule has 1 aromatic heterocycles. The summed E-state index contributed by atoms with van der Waals surface area (Å²) in [6.45, 7) is 0. The summed E-state index contributed by atoms with van der Waals surface area (Å²) in [6, 6.07) is 3.71. The molecule has 2 rings (SSSR count). The fourth-order valence-corrected chi connectivity index (χ4v) is 2.20. The Hall–Kier alpha value is -2.28. The van der Waals surface area contributed by atoms with Crippen molar-refractivity contribution in [2.75, 3.05) is 5.32 Å². The van der Waals surface area contributed by atoms with Crippen molar-refractivity contribution < 1.29 is 19.1 Å².